The van der Waals surface area contributed by atoms with Crippen molar-refractivity contribution < 1.29 is 0 Å². The maximum absolute atomic E-state index is 4.42. The first kappa shape index (κ1) is 14.2. The highest BCUT2D eigenvalue weighted by atomic mass is 32.2. The second-order valence-electron chi connectivity index (χ2n) is 4.99. The van der Waals surface area contributed by atoms with E-state index >= 15 is 0 Å². The zero-order valence-electron chi connectivity index (χ0n) is 11.0. The number of tetrazole rings is 1. The van der Waals surface area contributed by atoms with Gasteiger partial charge in [0.05, 0.1) is 6.04 Å². The van der Waals surface area contributed by atoms with Gasteiger partial charge in [-0.25, -0.2) is 4.68 Å². The molecule has 1 saturated carbocycles. The molecule has 1 heterocycles. The van der Waals surface area contributed by atoms with Crippen LogP contribution < -0.4 is 0 Å². The summed E-state index contributed by atoms with van der Waals surface area (Å²) in [6.07, 6.45) is 7.53. The topological polar surface area (TPSA) is 43.6 Å². The van der Waals surface area contributed by atoms with Crippen LogP contribution in [0.15, 0.2) is 5.16 Å². The Balaban J connectivity index is 1.90. The van der Waals surface area contributed by atoms with Crippen molar-refractivity contribution in [1.29, 1.82) is 0 Å². The van der Waals surface area contributed by atoms with Crippen molar-refractivity contribution in [3.63, 3.8) is 0 Å². The molecule has 1 fully saturated rings. The lowest BCUT2D eigenvalue weighted by Gasteiger charge is -2.14. The van der Waals surface area contributed by atoms with Gasteiger partial charge in [-0.05, 0) is 41.4 Å². The Labute approximate surface area is 119 Å². The van der Waals surface area contributed by atoms with Crippen LogP contribution in [0.1, 0.15) is 51.5 Å². The van der Waals surface area contributed by atoms with Crippen molar-refractivity contribution in [3.8, 4) is 0 Å². The van der Waals surface area contributed by atoms with E-state index < -0.39 is 0 Å². The average Bonchev–Trinajstić information content (AvgIpc) is 3.04. The molecule has 0 radical (unpaired) electrons. The Hall–Kier alpha value is -0.230. The van der Waals surface area contributed by atoms with E-state index in [1.807, 2.05) is 4.68 Å². The molecule has 1 aliphatic rings. The lowest BCUT2D eigenvalue weighted by atomic mass is 10.1. The molecule has 1 aliphatic carbocycles. The minimum absolute atomic E-state index is 0.531. The Morgan fingerprint density at radius 3 is 2.89 bits per heavy atom. The fraction of sp³-hybridized carbons (Fsp3) is 0.917. The second-order valence-corrected chi connectivity index (χ2v) is 6.34. The summed E-state index contributed by atoms with van der Waals surface area (Å²) in [5, 5.41) is 13.2. The van der Waals surface area contributed by atoms with Gasteiger partial charge in [0.25, 0.3) is 0 Å². The monoisotopic (exact) mass is 286 g/mol. The number of hydrogen-bond acceptors (Lipinski definition) is 5. The highest BCUT2D eigenvalue weighted by Gasteiger charge is 2.22. The maximum atomic E-state index is 4.42. The third-order valence-electron chi connectivity index (χ3n) is 3.54. The van der Waals surface area contributed by atoms with Crippen molar-refractivity contribution in [1.82, 2.24) is 20.2 Å². The molecule has 102 valence electrons. The summed E-state index contributed by atoms with van der Waals surface area (Å²) in [4.78, 5) is 0. The number of hydrogen-bond donors (Lipinski definition) is 1. The molecule has 6 heteroatoms. The number of aromatic nitrogens is 4. The SMILES string of the molecule is CCCC(CS)CSc1nnnn1C1CCCC1. The molecular formula is C12H22N4S2. The first-order valence-electron chi connectivity index (χ1n) is 6.86. The van der Waals surface area contributed by atoms with Crippen LogP contribution in [0.5, 0.6) is 0 Å². The van der Waals surface area contributed by atoms with E-state index in [1.165, 1.54) is 38.5 Å². The molecule has 0 spiro atoms. The molecule has 1 atom stereocenters. The van der Waals surface area contributed by atoms with Gasteiger partial charge in [0.2, 0.25) is 5.16 Å². The van der Waals surface area contributed by atoms with Crippen LogP contribution >= 0.6 is 24.4 Å². The number of nitrogens with zero attached hydrogens (tertiary/aromatic N) is 4. The molecule has 0 saturated heterocycles. The average molecular weight is 286 g/mol. The van der Waals surface area contributed by atoms with Gasteiger partial charge >= 0.3 is 0 Å². The number of thiol groups is 1. The van der Waals surface area contributed by atoms with E-state index in [4.69, 9.17) is 0 Å². The van der Waals surface area contributed by atoms with Crippen molar-refractivity contribution in [3.05, 3.63) is 0 Å². The van der Waals surface area contributed by atoms with Gasteiger partial charge in [0.1, 0.15) is 0 Å². The molecule has 0 aromatic carbocycles. The van der Waals surface area contributed by atoms with E-state index in [0.717, 1.165) is 16.7 Å². The minimum Gasteiger partial charge on any atom is -0.217 e. The zero-order valence-corrected chi connectivity index (χ0v) is 12.7. The summed E-state index contributed by atoms with van der Waals surface area (Å²) in [6, 6.07) is 0.531. The van der Waals surface area contributed by atoms with Crippen LogP contribution in [0.25, 0.3) is 0 Å². The van der Waals surface area contributed by atoms with Gasteiger partial charge in [-0.15, -0.1) is 5.10 Å². The molecule has 0 aliphatic heterocycles. The number of thioether (sulfide) groups is 1. The van der Waals surface area contributed by atoms with Gasteiger partial charge in [-0.2, -0.15) is 12.6 Å². The third-order valence-corrected chi connectivity index (χ3v) is 5.22. The Morgan fingerprint density at radius 1 is 1.44 bits per heavy atom. The van der Waals surface area contributed by atoms with E-state index in [9.17, 15) is 0 Å². The van der Waals surface area contributed by atoms with Crippen LogP contribution in [-0.4, -0.2) is 31.7 Å². The van der Waals surface area contributed by atoms with Crippen LogP contribution in [-0.2, 0) is 0 Å². The van der Waals surface area contributed by atoms with Crippen LogP contribution in [0.3, 0.4) is 0 Å². The molecule has 0 bridgehead atoms. The van der Waals surface area contributed by atoms with E-state index in [1.54, 1.807) is 11.8 Å². The first-order valence-corrected chi connectivity index (χ1v) is 8.48. The Morgan fingerprint density at radius 2 is 2.22 bits per heavy atom. The quantitative estimate of drug-likeness (QED) is 0.617. The third kappa shape index (κ3) is 3.63. The molecule has 1 aromatic rings. The molecule has 0 N–H and O–H groups in total. The normalized spacial score (nSPS) is 18.3. The summed E-state index contributed by atoms with van der Waals surface area (Å²) < 4.78 is 2.04. The van der Waals surface area contributed by atoms with E-state index in [-0.39, 0.29) is 0 Å². The van der Waals surface area contributed by atoms with Gasteiger partial charge in [-0.3, -0.25) is 0 Å². The molecule has 1 aromatic heterocycles. The fourth-order valence-electron chi connectivity index (χ4n) is 2.49. The molecule has 0 amide bonds. The predicted octanol–water partition coefficient (Wildman–Crippen LogP) is 3.23. The number of rotatable bonds is 7. The van der Waals surface area contributed by atoms with Crippen molar-refractivity contribution >= 4 is 24.4 Å². The highest BCUT2D eigenvalue weighted by molar-refractivity contribution is 7.99. The van der Waals surface area contributed by atoms with E-state index in [2.05, 4.69) is 35.1 Å². The zero-order chi connectivity index (χ0) is 12.8. The largest absolute Gasteiger partial charge is 0.217 e. The Bertz CT molecular complexity index is 350. The standard InChI is InChI=1S/C12H22N4S2/c1-2-5-10(8-17)9-18-12-13-14-15-16(12)11-6-3-4-7-11/h10-11,17H,2-9H2,1H3. The van der Waals surface area contributed by atoms with Crippen LogP contribution in [0.4, 0.5) is 0 Å². The fourth-order valence-corrected chi connectivity index (χ4v) is 4.05. The second kappa shape index (κ2) is 7.38. The summed E-state index contributed by atoms with van der Waals surface area (Å²) in [5.41, 5.74) is 0. The Kier molecular flexibility index (Phi) is 5.82. The smallest absolute Gasteiger partial charge is 0.209 e. The first-order chi connectivity index (χ1) is 8.85. The van der Waals surface area contributed by atoms with Gasteiger partial charge in [-0.1, -0.05) is 37.9 Å². The maximum Gasteiger partial charge on any atom is 0.209 e. The predicted molar refractivity (Wildman–Crippen MR) is 78.3 cm³/mol. The van der Waals surface area contributed by atoms with Crippen molar-refractivity contribution in [2.75, 3.05) is 11.5 Å². The highest BCUT2D eigenvalue weighted by Crippen LogP contribution is 2.32. The summed E-state index contributed by atoms with van der Waals surface area (Å²) in [7, 11) is 0. The van der Waals surface area contributed by atoms with Gasteiger partial charge in [0.15, 0.2) is 0 Å². The van der Waals surface area contributed by atoms with Gasteiger partial charge in [0, 0.05) is 5.75 Å². The molecule has 2 rings (SSSR count). The van der Waals surface area contributed by atoms with E-state index in [0.29, 0.717) is 12.0 Å². The van der Waals surface area contributed by atoms with Crippen molar-refractivity contribution in [2.24, 2.45) is 5.92 Å². The minimum atomic E-state index is 0.531. The molecule has 1 unspecified atom stereocenters. The van der Waals surface area contributed by atoms with Crippen molar-refractivity contribution in [2.45, 2.75) is 56.6 Å². The van der Waals surface area contributed by atoms with Crippen LogP contribution in [0.2, 0.25) is 0 Å². The van der Waals surface area contributed by atoms with Crippen LogP contribution in [0, 0.1) is 5.92 Å². The van der Waals surface area contributed by atoms with Gasteiger partial charge < -0.3 is 0 Å². The summed E-state index contributed by atoms with van der Waals surface area (Å²) >= 11 is 6.21. The molecule has 18 heavy (non-hydrogen) atoms. The molecule has 4 nitrogen and oxygen atoms in total. The lowest BCUT2D eigenvalue weighted by molar-refractivity contribution is 0.422. The summed E-state index contributed by atoms with van der Waals surface area (Å²) in [5.74, 6) is 2.69. The summed E-state index contributed by atoms with van der Waals surface area (Å²) in [6.45, 7) is 2.23. The lowest BCUT2D eigenvalue weighted by Crippen LogP contribution is -2.10. The molecular weight excluding hydrogens is 264 g/mol.